The first kappa shape index (κ1) is 19.4. The van der Waals surface area contributed by atoms with Crippen LogP contribution in [-0.4, -0.2) is 37.9 Å². The predicted octanol–water partition coefficient (Wildman–Crippen LogP) is 4.05. The van der Waals surface area contributed by atoms with Crippen LogP contribution in [0.5, 0.6) is 0 Å². The van der Waals surface area contributed by atoms with Crippen molar-refractivity contribution in [2.75, 3.05) is 6.61 Å². The van der Waals surface area contributed by atoms with E-state index in [-0.39, 0.29) is 12.0 Å². The second kappa shape index (κ2) is 7.63. The predicted molar refractivity (Wildman–Crippen MR) is 117 cm³/mol. The van der Waals surface area contributed by atoms with Gasteiger partial charge in [-0.3, -0.25) is 0 Å². The Hall–Kier alpha value is -3.52. The average molecular weight is 416 g/mol. The van der Waals surface area contributed by atoms with Crippen LogP contribution in [0.4, 0.5) is 0 Å². The molecule has 158 valence electrons. The van der Waals surface area contributed by atoms with Crippen molar-refractivity contribution in [3.63, 3.8) is 0 Å². The Morgan fingerprint density at radius 3 is 2.94 bits per heavy atom. The van der Waals surface area contributed by atoms with Gasteiger partial charge in [0, 0.05) is 5.92 Å². The molecule has 5 rings (SSSR count). The van der Waals surface area contributed by atoms with Gasteiger partial charge in [-0.2, -0.15) is 10.1 Å². The van der Waals surface area contributed by atoms with Crippen molar-refractivity contribution >= 4 is 18.1 Å². The van der Waals surface area contributed by atoms with Gasteiger partial charge in [0.25, 0.3) is 0 Å². The van der Waals surface area contributed by atoms with Crippen LogP contribution in [-0.2, 0) is 11.3 Å². The smallest absolute Gasteiger partial charge is 0.246 e. The fourth-order valence-electron chi connectivity index (χ4n) is 4.11. The lowest BCUT2D eigenvalue weighted by atomic mass is 9.97. The number of hydrogen-bond acceptors (Lipinski definition) is 7. The number of nitrogens with zero attached hydrogens (tertiary/aromatic N) is 6. The normalized spacial score (nSPS) is 20.3. The number of hydrogen-bond donors (Lipinski definition) is 0. The highest BCUT2D eigenvalue weighted by Gasteiger charge is 2.32. The zero-order valence-corrected chi connectivity index (χ0v) is 17.7. The highest BCUT2D eigenvalue weighted by Crippen LogP contribution is 2.37. The molecule has 1 saturated heterocycles. The van der Waals surface area contributed by atoms with Gasteiger partial charge in [-0.15, -0.1) is 9.89 Å². The van der Waals surface area contributed by atoms with Gasteiger partial charge in [0.15, 0.2) is 5.82 Å². The van der Waals surface area contributed by atoms with Crippen molar-refractivity contribution in [2.45, 2.75) is 38.8 Å². The average Bonchev–Trinajstić information content (AvgIpc) is 3.50. The van der Waals surface area contributed by atoms with Crippen LogP contribution in [0.1, 0.15) is 58.1 Å². The third-order valence-corrected chi connectivity index (χ3v) is 5.89. The summed E-state index contributed by atoms with van der Waals surface area (Å²) in [6, 6.07) is 6.36. The number of benzene rings is 1. The van der Waals surface area contributed by atoms with Gasteiger partial charge in [0.1, 0.15) is 18.6 Å². The lowest BCUT2D eigenvalue weighted by Crippen LogP contribution is -2.25. The Kier molecular flexibility index (Phi) is 4.78. The highest BCUT2D eigenvalue weighted by atomic mass is 16.5. The molecular weight excluding hydrogens is 392 g/mol. The summed E-state index contributed by atoms with van der Waals surface area (Å²) in [4.78, 5) is 8.09. The summed E-state index contributed by atoms with van der Waals surface area (Å²) in [7, 11) is 0. The minimum atomic E-state index is 0.0294. The molecule has 2 aromatic heterocycles. The third-order valence-electron chi connectivity index (χ3n) is 5.89. The maximum absolute atomic E-state index is 6.05. The van der Waals surface area contributed by atoms with Crippen LogP contribution in [0, 0.1) is 13.8 Å². The van der Waals surface area contributed by atoms with Crippen molar-refractivity contribution in [1.29, 1.82) is 0 Å². The molecule has 2 aliphatic rings. The monoisotopic (exact) mass is 416 g/mol. The number of fused-ring (bicyclic) bond motifs is 1. The zero-order chi connectivity index (χ0) is 21.5. The summed E-state index contributed by atoms with van der Waals surface area (Å²) < 4.78 is 11.6. The fourth-order valence-corrected chi connectivity index (χ4v) is 4.11. The Bertz CT molecular complexity index is 1190. The maximum Gasteiger partial charge on any atom is 0.246 e. The summed E-state index contributed by atoms with van der Waals surface area (Å²) in [6.45, 7) is 13.1. The van der Waals surface area contributed by atoms with Gasteiger partial charge in [-0.05, 0) is 42.5 Å². The summed E-state index contributed by atoms with van der Waals surface area (Å²) >= 11 is 0. The van der Waals surface area contributed by atoms with Crippen molar-refractivity contribution in [1.82, 2.24) is 24.9 Å². The van der Waals surface area contributed by atoms with Crippen LogP contribution in [0.3, 0.4) is 0 Å². The molecule has 4 heterocycles. The highest BCUT2D eigenvalue weighted by molar-refractivity contribution is 5.77. The van der Waals surface area contributed by atoms with Gasteiger partial charge in [0.2, 0.25) is 5.89 Å². The van der Waals surface area contributed by atoms with Crippen molar-refractivity contribution in [2.24, 2.45) is 5.10 Å². The molecule has 0 spiro atoms. The van der Waals surface area contributed by atoms with Gasteiger partial charge in [-0.1, -0.05) is 42.6 Å². The summed E-state index contributed by atoms with van der Waals surface area (Å²) in [5.41, 5.74) is 6.20. The minimum Gasteiger partial charge on any atom is -0.373 e. The van der Waals surface area contributed by atoms with Gasteiger partial charge < -0.3 is 14.2 Å². The summed E-state index contributed by atoms with van der Waals surface area (Å²) in [5, 5.41) is 12.7. The van der Waals surface area contributed by atoms with E-state index in [2.05, 4.69) is 58.6 Å². The van der Waals surface area contributed by atoms with E-state index >= 15 is 0 Å². The SMILES string of the molecule is C=Cc1ccc([C@H]2CC(c3noc(CN4C=Nn5ncc(C)c5C4=C)n3)CO2)cc1C. The quantitative estimate of drug-likeness (QED) is 0.624. The van der Waals surface area contributed by atoms with Crippen molar-refractivity contribution in [3.05, 3.63) is 77.2 Å². The number of ether oxygens (including phenoxy) is 1. The van der Waals surface area contributed by atoms with E-state index in [1.54, 1.807) is 17.3 Å². The zero-order valence-electron chi connectivity index (χ0n) is 17.7. The molecule has 1 fully saturated rings. The van der Waals surface area contributed by atoms with Gasteiger partial charge in [0.05, 0.1) is 24.6 Å². The largest absolute Gasteiger partial charge is 0.373 e. The van der Waals surface area contributed by atoms with Crippen LogP contribution in [0.2, 0.25) is 0 Å². The molecule has 8 heteroatoms. The molecule has 0 bridgehead atoms. The minimum absolute atomic E-state index is 0.0294. The Labute approximate surface area is 180 Å². The second-order valence-electron chi connectivity index (χ2n) is 7.99. The molecule has 31 heavy (non-hydrogen) atoms. The topological polar surface area (TPSA) is 81.6 Å². The third kappa shape index (κ3) is 3.48. The fraction of sp³-hybridized carbons (Fsp3) is 0.304. The summed E-state index contributed by atoms with van der Waals surface area (Å²) in [5.74, 6) is 1.30. The molecule has 2 aliphatic heterocycles. The molecule has 1 aromatic carbocycles. The number of aryl methyl sites for hydroxylation is 2. The Morgan fingerprint density at radius 2 is 2.13 bits per heavy atom. The van der Waals surface area contributed by atoms with E-state index in [0.717, 1.165) is 28.9 Å². The maximum atomic E-state index is 6.05. The molecule has 3 aromatic rings. The van der Waals surface area contributed by atoms with E-state index in [1.165, 1.54) is 11.1 Å². The standard InChI is InChI=1S/C23H24N6O2/c1-5-17-6-7-18(8-14(17)2)20-9-19(12-30-20)23-26-21(31-27-23)11-28-13-25-29-22(16(28)4)15(3)10-24-29/h5-8,10,13,19-20H,1,4,9,11-12H2,2-3H3/t19?,20-/m1/s1. The van der Waals surface area contributed by atoms with E-state index in [4.69, 9.17) is 9.26 Å². The van der Waals surface area contributed by atoms with E-state index in [0.29, 0.717) is 24.9 Å². The lowest BCUT2D eigenvalue weighted by Gasteiger charge is -2.23. The second-order valence-corrected chi connectivity index (χ2v) is 7.99. The van der Waals surface area contributed by atoms with Crippen LogP contribution < -0.4 is 0 Å². The molecule has 0 saturated carbocycles. The van der Waals surface area contributed by atoms with Crippen molar-refractivity contribution in [3.8, 4) is 0 Å². The Balaban J connectivity index is 1.26. The first-order chi connectivity index (χ1) is 15.0. The van der Waals surface area contributed by atoms with Crippen LogP contribution in [0.15, 0.2) is 47.2 Å². The van der Waals surface area contributed by atoms with E-state index in [9.17, 15) is 0 Å². The molecule has 0 amide bonds. The molecule has 0 radical (unpaired) electrons. The van der Waals surface area contributed by atoms with E-state index < -0.39 is 0 Å². The van der Waals surface area contributed by atoms with Gasteiger partial charge >= 0.3 is 0 Å². The molecular formula is C23H24N6O2. The van der Waals surface area contributed by atoms with E-state index in [1.807, 2.05) is 17.9 Å². The summed E-state index contributed by atoms with van der Waals surface area (Å²) in [6.07, 6.45) is 6.17. The van der Waals surface area contributed by atoms with Crippen LogP contribution in [0.25, 0.3) is 11.8 Å². The van der Waals surface area contributed by atoms with Crippen molar-refractivity contribution < 1.29 is 9.26 Å². The molecule has 1 unspecified atom stereocenters. The number of aromatic nitrogens is 4. The molecule has 8 nitrogen and oxygen atoms in total. The first-order valence-electron chi connectivity index (χ1n) is 10.3. The lowest BCUT2D eigenvalue weighted by molar-refractivity contribution is 0.110. The first-order valence-corrected chi connectivity index (χ1v) is 10.3. The number of rotatable bonds is 5. The molecule has 0 aliphatic carbocycles. The molecule has 2 atom stereocenters. The Morgan fingerprint density at radius 1 is 1.26 bits per heavy atom. The van der Waals surface area contributed by atoms with Crippen LogP contribution >= 0.6 is 0 Å². The molecule has 0 N–H and O–H groups in total. The van der Waals surface area contributed by atoms with Gasteiger partial charge in [-0.25, -0.2) is 0 Å².